The van der Waals surface area contributed by atoms with Crippen LogP contribution in [0.2, 0.25) is 0 Å². The van der Waals surface area contributed by atoms with Gasteiger partial charge in [0.15, 0.2) is 0 Å². The van der Waals surface area contributed by atoms with Crippen molar-refractivity contribution in [3.05, 3.63) is 231 Å². The van der Waals surface area contributed by atoms with Crippen LogP contribution in [0.3, 0.4) is 0 Å². The number of nitrogens with one attached hydrogen (secondary N) is 3. The lowest BCUT2D eigenvalue weighted by atomic mass is 9.93. The molecule has 0 saturated heterocycles. The van der Waals surface area contributed by atoms with Crippen molar-refractivity contribution in [3.63, 3.8) is 0 Å². The zero-order valence-electron chi connectivity index (χ0n) is 26.2. The predicted octanol–water partition coefficient (Wildman–Crippen LogP) is 8.08. The molecule has 0 saturated carbocycles. The summed E-state index contributed by atoms with van der Waals surface area (Å²) in [6.07, 6.45) is 4.30. The summed E-state index contributed by atoms with van der Waals surface area (Å²) in [5, 5.41) is 2.05. The van der Waals surface area contributed by atoms with Crippen molar-refractivity contribution in [2.75, 3.05) is 0 Å². The maximum atomic E-state index is 5.36. The Morgan fingerprint density at radius 2 is 0.875 bits per heavy atom. The number of hydrogen-bond donors (Lipinski definition) is 3. The van der Waals surface area contributed by atoms with Crippen LogP contribution in [-0.2, 0) is 0 Å². The van der Waals surface area contributed by atoms with Gasteiger partial charge in [-0.05, 0) is 70.8 Å². The van der Waals surface area contributed by atoms with Crippen LogP contribution in [0.4, 0.5) is 0 Å². The Hall–Kier alpha value is -6.39. The summed E-state index contributed by atoms with van der Waals surface area (Å²) in [6.45, 7) is 0. The first-order chi connectivity index (χ1) is 23.8. The molecule has 0 radical (unpaired) electrons. The van der Waals surface area contributed by atoms with Crippen LogP contribution in [0, 0.1) is 0 Å². The van der Waals surface area contributed by atoms with Crippen LogP contribution in [0.5, 0.6) is 0 Å². The molecule has 1 unspecified atom stereocenters. The summed E-state index contributed by atoms with van der Waals surface area (Å²) in [5.41, 5.74) is 13.9. The van der Waals surface area contributed by atoms with Crippen LogP contribution in [0.1, 0.15) is 50.9 Å². The standard InChI is InChI=1S/C44H32N4/c1-5-13-29(14-6-1)41-33-21-23-35(45-33)42(30-15-7-2-8-16-30)37-25-27-39(47-37)44(32-19-11-4-12-20-32)40-28-26-38(48-40)43(31-17-9-3-10-18-31)36-24-22-34(41)46-36/h1-28,41,45-47H/b42-37-,43-38-,44-39-. The first-order valence-electron chi connectivity index (χ1n) is 16.3. The van der Waals surface area contributed by atoms with Gasteiger partial charge in [-0.15, -0.1) is 0 Å². The Morgan fingerprint density at radius 3 is 1.46 bits per heavy atom. The number of benzene rings is 4. The van der Waals surface area contributed by atoms with E-state index >= 15 is 0 Å². The van der Waals surface area contributed by atoms with Gasteiger partial charge in [0.2, 0.25) is 0 Å². The van der Waals surface area contributed by atoms with Crippen molar-refractivity contribution in [3.8, 4) is 0 Å². The van der Waals surface area contributed by atoms with E-state index in [1.807, 2.05) is 0 Å². The number of H-pyrrole nitrogens is 3. The molecule has 48 heavy (non-hydrogen) atoms. The second-order valence-corrected chi connectivity index (χ2v) is 12.2. The van der Waals surface area contributed by atoms with Crippen molar-refractivity contribution < 1.29 is 0 Å². The monoisotopic (exact) mass is 616 g/mol. The van der Waals surface area contributed by atoms with Gasteiger partial charge in [0.05, 0.1) is 17.3 Å². The van der Waals surface area contributed by atoms with E-state index in [2.05, 4.69) is 185 Å². The molecule has 4 aromatic carbocycles. The topological polar surface area (TPSA) is 59.7 Å². The molecule has 9 rings (SSSR count). The van der Waals surface area contributed by atoms with Gasteiger partial charge in [0.1, 0.15) is 0 Å². The summed E-state index contributed by atoms with van der Waals surface area (Å²) < 4.78 is 0. The fraction of sp³-hybridized carbons (Fsp3) is 0.0227. The number of aromatic amines is 3. The van der Waals surface area contributed by atoms with Crippen LogP contribution >= 0.6 is 0 Å². The molecular formula is C44H32N4. The normalized spacial score (nSPS) is 19.3. The minimum atomic E-state index is -0.0314. The number of aliphatic imine (C=N–C) groups is 1. The SMILES string of the molecule is C1=C/C2=C(\c3ccccc3)c3ccc([nH]3)C(c3ccccc3)c3ccc([nH]3)/C(c3ccccc3)=c3/cc/c([nH]3)=C(\c3ccccc3)C1=N2. The third kappa shape index (κ3) is 4.91. The van der Waals surface area contributed by atoms with Gasteiger partial charge in [-0.1, -0.05) is 121 Å². The van der Waals surface area contributed by atoms with Crippen molar-refractivity contribution in [2.24, 2.45) is 4.99 Å². The number of allylic oxidation sites excluding steroid dienone is 2. The fourth-order valence-corrected chi connectivity index (χ4v) is 7.11. The molecule has 0 spiro atoms. The molecule has 5 heterocycles. The minimum absolute atomic E-state index is 0.0314. The average Bonchev–Trinajstić information content (AvgIpc) is 3.98. The molecule has 0 fully saturated rings. The van der Waals surface area contributed by atoms with Gasteiger partial charge >= 0.3 is 0 Å². The molecule has 0 amide bonds. The molecule has 2 aliphatic rings. The van der Waals surface area contributed by atoms with E-state index in [-0.39, 0.29) is 5.92 Å². The maximum Gasteiger partial charge on any atom is 0.0737 e. The molecule has 1 atom stereocenters. The molecule has 4 heteroatoms. The van der Waals surface area contributed by atoms with E-state index in [9.17, 15) is 0 Å². The lowest BCUT2D eigenvalue weighted by molar-refractivity contribution is 0.893. The highest BCUT2D eigenvalue weighted by molar-refractivity contribution is 6.30. The van der Waals surface area contributed by atoms with Crippen molar-refractivity contribution in [1.82, 2.24) is 15.0 Å². The van der Waals surface area contributed by atoms with Crippen molar-refractivity contribution >= 4 is 22.4 Å². The Balaban J connectivity index is 1.40. The lowest BCUT2D eigenvalue weighted by Gasteiger charge is -2.16. The fourth-order valence-electron chi connectivity index (χ4n) is 7.11. The summed E-state index contributed by atoms with van der Waals surface area (Å²) >= 11 is 0. The van der Waals surface area contributed by atoms with Crippen molar-refractivity contribution in [1.29, 1.82) is 0 Å². The maximum absolute atomic E-state index is 5.36. The third-order valence-corrected chi connectivity index (χ3v) is 9.28. The first kappa shape index (κ1) is 27.9. The van der Waals surface area contributed by atoms with E-state index in [0.29, 0.717) is 0 Å². The Labute approximate surface area is 278 Å². The molecule has 3 N–H and O–H groups in total. The summed E-state index contributed by atoms with van der Waals surface area (Å²) in [4.78, 5) is 16.9. The molecule has 4 nitrogen and oxygen atoms in total. The smallest absolute Gasteiger partial charge is 0.0737 e. The molecule has 228 valence electrons. The van der Waals surface area contributed by atoms with Crippen LogP contribution < -0.4 is 10.7 Å². The Bertz CT molecular complexity index is 2470. The van der Waals surface area contributed by atoms with Crippen LogP contribution in [0.15, 0.2) is 181 Å². The Morgan fingerprint density at radius 1 is 0.396 bits per heavy atom. The molecule has 7 aromatic rings. The zero-order chi connectivity index (χ0) is 31.9. The second-order valence-electron chi connectivity index (χ2n) is 12.2. The van der Waals surface area contributed by atoms with Gasteiger partial charge in [-0.2, -0.15) is 0 Å². The van der Waals surface area contributed by atoms with Crippen molar-refractivity contribution in [2.45, 2.75) is 5.92 Å². The average molecular weight is 617 g/mol. The third-order valence-electron chi connectivity index (χ3n) is 9.28. The number of rotatable bonds is 4. The molecule has 8 bridgehead atoms. The van der Waals surface area contributed by atoms with E-state index in [1.54, 1.807) is 0 Å². The number of nitrogens with zero attached hydrogens (tertiary/aromatic N) is 1. The lowest BCUT2D eigenvalue weighted by Crippen LogP contribution is -2.19. The summed E-state index contributed by atoms with van der Waals surface area (Å²) in [5.74, 6) is -0.0314. The molecule has 2 aliphatic heterocycles. The van der Waals surface area contributed by atoms with E-state index < -0.39 is 0 Å². The van der Waals surface area contributed by atoms with Gasteiger partial charge in [0.25, 0.3) is 0 Å². The largest absolute Gasteiger partial charge is 0.357 e. The molecular weight excluding hydrogens is 585 g/mol. The van der Waals surface area contributed by atoms with Gasteiger partial charge in [-0.25, -0.2) is 4.99 Å². The molecule has 3 aromatic heterocycles. The van der Waals surface area contributed by atoms with Gasteiger partial charge in [0, 0.05) is 50.2 Å². The van der Waals surface area contributed by atoms with E-state index in [1.165, 1.54) is 5.56 Å². The predicted molar refractivity (Wildman–Crippen MR) is 195 cm³/mol. The summed E-state index contributed by atoms with van der Waals surface area (Å²) in [7, 11) is 0. The highest BCUT2D eigenvalue weighted by Crippen LogP contribution is 2.36. The van der Waals surface area contributed by atoms with E-state index in [0.717, 1.165) is 78.3 Å². The summed E-state index contributed by atoms with van der Waals surface area (Å²) in [6, 6.07) is 55.7. The quantitative estimate of drug-likeness (QED) is 0.179. The number of fused-ring (bicyclic) bond motifs is 7. The number of aromatic nitrogens is 3. The van der Waals surface area contributed by atoms with Crippen LogP contribution in [-0.4, -0.2) is 20.7 Å². The van der Waals surface area contributed by atoms with Gasteiger partial charge in [-0.3, -0.25) is 0 Å². The second kappa shape index (κ2) is 11.8. The van der Waals surface area contributed by atoms with Crippen LogP contribution in [0.25, 0.3) is 16.7 Å². The highest BCUT2D eigenvalue weighted by atomic mass is 14.8. The molecule has 0 aliphatic carbocycles. The van der Waals surface area contributed by atoms with Gasteiger partial charge < -0.3 is 15.0 Å². The Kier molecular flexibility index (Phi) is 6.83. The highest BCUT2D eigenvalue weighted by Gasteiger charge is 2.24. The minimum Gasteiger partial charge on any atom is -0.357 e. The zero-order valence-corrected chi connectivity index (χ0v) is 26.2. The van der Waals surface area contributed by atoms with E-state index in [4.69, 9.17) is 4.99 Å². The first-order valence-corrected chi connectivity index (χ1v) is 16.3. The number of hydrogen-bond acceptors (Lipinski definition) is 1.